The zero-order valence-corrected chi connectivity index (χ0v) is 10.6. The Hall–Kier alpha value is -0.960. The first-order valence-electron chi connectivity index (χ1n) is 6.44. The van der Waals surface area contributed by atoms with Gasteiger partial charge in [0.25, 0.3) is 0 Å². The Bertz CT molecular complexity index is 380. The van der Waals surface area contributed by atoms with Gasteiger partial charge in [-0.25, -0.2) is 4.39 Å². The van der Waals surface area contributed by atoms with E-state index < -0.39 is 0 Å². The second kappa shape index (κ2) is 5.13. The maximum absolute atomic E-state index is 13.1. The van der Waals surface area contributed by atoms with Crippen LogP contribution in [0.1, 0.15) is 44.7 Å². The van der Waals surface area contributed by atoms with E-state index in [1.54, 1.807) is 6.20 Å². The van der Waals surface area contributed by atoms with Gasteiger partial charge in [-0.1, -0.05) is 20.3 Å². The minimum atomic E-state index is -0.296. The molecule has 4 atom stereocenters. The van der Waals surface area contributed by atoms with Crippen molar-refractivity contribution in [2.45, 2.75) is 39.2 Å². The summed E-state index contributed by atoms with van der Waals surface area (Å²) >= 11 is 0. The number of hydrogen-bond acceptors (Lipinski definition) is 2. The number of halogens is 1. The molecule has 1 saturated carbocycles. The molecule has 0 bridgehead atoms. The number of aromatic nitrogens is 1. The Morgan fingerprint density at radius 2 is 2.06 bits per heavy atom. The topological polar surface area (TPSA) is 38.9 Å². The summed E-state index contributed by atoms with van der Waals surface area (Å²) in [5.41, 5.74) is 7.07. The van der Waals surface area contributed by atoms with Crippen molar-refractivity contribution in [1.29, 1.82) is 0 Å². The van der Waals surface area contributed by atoms with Gasteiger partial charge in [0.05, 0.1) is 6.20 Å². The molecule has 1 aliphatic rings. The molecule has 1 aliphatic carbocycles. The van der Waals surface area contributed by atoms with Gasteiger partial charge in [-0.2, -0.15) is 0 Å². The Balaban J connectivity index is 2.07. The molecule has 3 heteroatoms. The summed E-state index contributed by atoms with van der Waals surface area (Å²) in [6, 6.07) is 1.44. The molecule has 2 nitrogen and oxygen atoms in total. The van der Waals surface area contributed by atoms with E-state index in [2.05, 4.69) is 18.8 Å². The van der Waals surface area contributed by atoms with Gasteiger partial charge < -0.3 is 5.73 Å². The molecule has 0 amide bonds. The van der Waals surface area contributed by atoms with Crippen LogP contribution in [0.3, 0.4) is 0 Å². The van der Waals surface area contributed by atoms with E-state index >= 15 is 0 Å². The Morgan fingerprint density at radius 1 is 1.29 bits per heavy atom. The minimum Gasteiger partial charge on any atom is -0.324 e. The quantitative estimate of drug-likeness (QED) is 0.855. The van der Waals surface area contributed by atoms with E-state index in [1.807, 2.05) is 0 Å². The molecule has 1 fully saturated rings. The zero-order valence-electron chi connectivity index (χ0n) is 10.6. The molecular weight excluding hydrogens is 215 g/mol. The van der Waals surface area contributed by atoms with Gasteiger partial charge in [0.2, 0.25) is 0 Å². The molecule has 0 aliphatic heterocycles. The van der Waals surface area contributed by atoms with Gasteiger partial charge in [-0.05, 0) is 42.2 Å². The Kier molecular flexibility index (Phi) is 3.77. The number of pyridine rings is 1. The predicted molar refractivity (Wildman–Crippen MR) is 66.8 cm³/mol. The average molecular weight is 236 g/mol. The van der Waals surface area contributed by atoms with E-state index in [9.17, 15) is 4.39 Å². The van der Waals surface area contributed by atoms with Crippen molar-refractivity contribution in [3.8, 4) is 0 Å². The highest BCUT2D eigenvalue weighted by molar-refractivity contribution is 5.15. The van der Waals surface area contributed by atoms with Crippen molar-refractivity contribution < 1.29 is 4.39 Å². The first-order valence-corrected chi connectivity index (χ1v) is 6.44. The molecule has 94 valence electrons. The smallest absolute Gasteiger partial charge is 0.141 e. The molecule has 0 spiro atoms. The maximum Gasteiger partial charge on any atom is 0.141 e. The van der Waals surface area contributed by atoms with Crippen LogP contribution in [-0.2, 0) is 0 Å². The van der Waals surface area contributed by atoms with Gasteiger partial charge >= 0.3 is 0 Å². The van der Waals surface area contributed by atoms with E-state index in [0.717, 1.165) is 24.3 Å². The second-order valence-corrected chi connectivity index (χ2v) is 5.49. The molecule has 1 aromatic heterocycles. The molecule has 2 N–H and O–H groups in total. The summed E-state index contributed by atoms with van der Waals surface area (Å²) in [7, 11) is 0. The van der Waals surface area contributed by atoms with Crippen LogP contribution in [0.25, 0.3) is 0 Å². The van der Waals surface area contributed by atoms with Gasteiger partial charge in [0.1, 0.15) is 5.82 Å². The fourth-order valence-electron chi connectivity index (χ4n) is 2.80. The van der Waals surface area contributed by atoms with Crippen LogP contribution in [0.5, 0.6) is 0 Å². The first kappa shape index (κ1) is 12.5. The van der Waals surface area contributed by atoms with E-state index in [4.69, 9.17) is 5.73 Å². The predicted octanol–water partition coefficient (Wildman–Crippen LogP) is 3.29. The van der Waals surface area contributed by atoms with E-state index in [-0.39, 0.29) is 11.9 Å². The SMILES string of the molecule is CC1CCC(C(N)c2cncc(F)c2)CC1C. The molecule has 4 unspecified atom stereocenters. The Morgan fingerprint density at radius 3 is 2.71 bits per heavy atom. The normalized spacial score (nSPS) is 31.2. The summed E-state index contributed by atoms with van der Waals surface area (Å²) in [5, 5.41) is 0. The van der Waals surface area contributed by atoms with Crippen LogP contribution in [0.4, 0.5) is 4.39 Å². The molecule has 0 aromatic carbocycles. The van der Waals surface area contributed by atoms with Crippen LogP contribution < -0.4 is 5.73 Å². The Labute approximate surface area is 102 Å². The maximum atomic E-state index is 13.1. The number of nitrogens with two attached hydrogens (primary N) is 1. The highest BCUT2D eigenvalue weighted by Gasteiger charge is 2.29. The third kappa shape index (κ3) is 2.83. The number of hydrogen-bond donors (Lipinski definition) is 1. The van der Waals surface area contributed by atoms with Crippen molar-refractivity contribution in [1.82, 2.24) is 4.98 Å². The lowest BCUT2D eigenvalue weighted by atomic mass is 9.72. The number of nitrogens with zero attached hydrogens (tertiary/aromatic N) is 1. The molecule has 2 rings (SSSR count). The summed E-state index contributed by atoms with van der Waals surface area (Å²) in [6.45, 7) is 4.59. The molecule has 0 saturated heterocycles. The highest BCUT2D eigenvalue weighted by atomic mass is 19.1. The van der Waals surface area contributed by atoms with Crippen molar-refractivity contribution in [3.05, 3.63) is 29.8 Å². The number of rotatable bonds is 2. The highest BCUT2D eigenvalue weighted by Crippen LogP contribution is 2.38. The third-order valence-corrected chi connectivity index (χ3v) is 4.26. The van der Waals surface area contributed by atoms with Crippen LogP contribution in [0.2, 0.25) is 0 Å². The lowest BCUT2D eigenvalue weighted by molar-refractivity contribution is 0.186. The summed E-state index contributed by atoms with van der Waals surface area (Å²) in [4.78, 5) is 3.88. The van der Waals surface area contributed by atoms with Gasteiger partial charge in [-0.15, -0.1) is 0 Å². The lowest BCUT2D eigenvalue weighted by Gasteiger charge is -2.35. The van der Waals surface area contributed by atoms with Crippen LogP contribution in [0, 0.1) is 23.6 Å². The van der Waals surface area contributed by atoms with Crippen molar-refractivity contribution in [2.24, 2.45) is 23.5 Å². The molecular formula is C14H21FN2. The minimum absolute atomic E-state index is 0.0758. The zero-order chi connectivity index (χ0) is 12.4. The average Bonchev–Trinajstić information content (AvgIpc) is 2.32. The summed E-state index contributed by atoms with van der Waals surface area (Å²) in [6.07, 6.45) is 6.42. The monoisotopic (exact) mass is 236 g/mol. The summed E-state index contributed by atoms with van der Waals surface area (Å²) < 4.78 is 13.1. The molecule has 1 heterocycles. The van der Waals surface area contributed by atoms with Crippen molar-refractivity contribution >= 4 is 0 Å². The second-order valence-electron chi connectivity index (χ2n) is 5.49. The third-order valence-electron chi connectivity index (χ3n) is 4.26. The van der Waals surface area contributed by atoms with Crippen LogP contribution in [0.15, 0.2) is 18.5 Å². The van der Waals surface area contributed by atoms with Crippen molar-refractivity contribution in [2.75, 3.05) is 0 Å². The van der Waals surface area contributed by atoms with Crippen LogP contribution >= 0.6 is 0 Å². The molecule has 17 heavy (non-hydrogen) atoms. The molecule has 0 radical (unpaired) electrons. The van der Waals surface area contributed by atoms with Crippen molar-refractivity contribution in [3.63, 3.8) is 0 Å². The van der Waals surface area contributed by atoms with Gasteiger partial charge in [0.15, 0.2) is 0 Å². The first-order chi connectivity index (χ1) is 8.08. The van der Waals surface area contributed by atoms with Gasteiger partial charge in [-0.3, -0.25) is 4.98 Å². The van der Waals surface area contributed by atoms with Crippen LogP contribution in [-0.4, -0.2) is 4.98 Å². The molecule has 1 aromatic rings. The lowest BCUT2D eigenvalue weighted by Crippen LogP contribution is -2.29. The van der Waals surface area contributed by atoms with Gasteiger partial charge in [0, 0.05) is 12.2 Å². The standard InChI is InChI=1S/C14H21FN2/c1-9-3-4-11(5-10(9)2)14(16)12-6-13(15)8-17-7-12/h6-11,14H,3-5,16H2,1-2H3. The largest absolute Gasteiger partial charge is 0.324 e. The van der Waals surface area contributed by atoms with E-state index in [0.29, 0.717) is 11.8 Å². The fourth-order valence-corrected chi connectivity index (χ4v) is 2.80. The summed E-state index contributed by atoms with van der Waals surface area (Å²) in [5.74, 6) is 1.66. The fraction of sp³-hybridized carbons (Fsp3) is 0.643. The van der Waals surface area contributed by atoms with E-state index in [1.165, 1.54) is 18.7 Å².